The summed E-state index contributed by atoms with van der Waals surface area (Å²) in [6, 6.07) is 5.81. The third kappa shape index (κ3) is 2.83. The van der Waals surface area contributed by atoms with E-state index in [9.17, 15) is 4.79 Å². The Balaban J connectivity index is 1.77. The van der Waals surface area contributed by atoms with Crippen molar-refractivity contribution in [1.82, 2.24) is 9.80 Å². The molecule has 0 aliphatic carbocycles. The van der Waals surface area contributed by atoms with Crippen LogP contribution in [0.4, 0.5) is 5.69 Å². The first-order chi connectivity index (χ1) is 10.2. The highest BCUT2D eigenvalue weighted by Crippen LogP contribution is 2.25. The van der Waals surface area contributed by atoms with Crippen LogP contribution < -0.4 is 10.5 Å². The molecular formula is C16H23N3O2. The van der Waals surface area contributed by atoms with Gasteiger partial charge in [0.15, 0.2) is 0 Å². The van der Waals surface area contributed by atoms with Crippen molar-refractivity contribution < 1.29 is 9.53 Å². The first kappa shape index (κ1) is 14.2. The standard InChI is InChI=1S/C16H23N3O2/c1-21-13-5-6-14(15(17)10-13)16(20)19-9-3-8-18-7-2-4-12(18)11-19/h5-6,10,12H,2-4,7-9,11,17H2,1H3. The molecule has 5 nitrogen and oxygen atoms in total. The number of hydrogen-bond donors (Lipinski definition) is 1. The molecule has 1 amide bonds. The lowest BCUT2D eigenvalue weighted by Gasteiger charge is -2.26. The topological polar surface area (TPSA) is 58.8 Å². The van der Waals surface area contributed by atoms with Crippen LogP contribution in [0.25, 0.3) is 0 Å². The lowest BCUT2D eigenvalue weighted by atomic mass is 10.1. The van der Waals surface area contributed by atoms with E-state index in [1.807, 2.05) is 4.90 Å². The minimum absolute atomic E-state index is 0.0453. The Morgan fingerprint density at radius 3 is 2.86 bits per heavy atom. The summed E-state index contributed by atoms with van der Waals surface area (Å²) in [6.45, 7) is 3.92. The predicted molar refractivity (Wildman–Crippen MR) is 82.5 cm³/mol. The van der Waals surface area contributed by atoms with E-state index >= 15 is 0 Å². The van der Waals surface area contributed by atoms with Crippen molar-refractivity contribution in [2.24, 2.45) is 0 Å². The van der Waals surface area contributed by atoms with E-state index in [0.717, 1.165) is 26.1 Å². The van der Waals surface area contributed by atoms with Crippen molar-refractivity contribution in [3.05, 3.63) is 23.8 Å². The fraction of sp³-hybridized carbons (Fsp3) is 0.562. The SMILES string of the molecule is COc1ccc(C(=O)N2CCCN3CCCC3C2)c(N)c1. The van der Waals surface area contributed by atoms with Gasteiger partial charge in [0.2, 0.25) is 0 Å². The van der Waals surface area contributed by atoms with Gasteiger partial charge in [0, 0.05) is 37.4 Å². The second kappa shape index (κ2) is 5.93. The zero-order valence-electron chi connectivity index (χ0n) is 12.5. The highest BCUT2D eigenvalue weighted by molar-refractivity contribution is 5.99. The second-order valence-electron chi connectivity index (χ2n) is 5.89. The maximum Gasteiger partial charge on any atom is 0.256 e. The maximum atomic E-state index is 12.7. The van der Waals surface area contributed by atoms with Crippen LogP contribution in [-0.4, -0.2) is 55.0 Å². The summed E-state index contributed by atoms with van der Waals surface area (Å²) in [7, 11) is 1.60. The fourth-order valence-corrected chi connectivity index (χ4v) is 3.42. The molecule has 0 radical (unpaired) electrons. The Hall–Kier alpha value is -1.75. The molecule has 5 heteroatoms. The number of ether oxygens (including phenoxy) is 1. The summed E-state index contributed by atoms with van der Waals surface area (Å²) in [5.74, 6) is 0.728. The predicted octanol–water partition coefficient (Wildman–Crippen LogP) is 1.59. The van der Waals surface area contributed by atoms with Crippen molar-refractivity contribution in [2.75, 3.05) is 39.0 Å². The van der Waals surface area contributed by atoms with Crippen LogP contribution in [0.5, 0.6) is 5.75 Å². The summed E-state index contributed by atoms with van der Waals surface area (Å²) in [5, 5.41) is 0. The average molecular weight is 289 g/mol. The molecule has 1 unspecified atom stereocenters. The number of amides is 1. The first-order valence-electron chi connectivity index (χ1n) is 7.66. The molecule has 3 rings (SSSR count). The van der Waals surface area contributed by atoms with Crippen LogP contribution >= 0.6 is 0 Å². The number of nitrogens with zero attached hydrogens (tertiary/aromatic N) is 2. The molecule has 2 fully saturated rings. The van der Waals surface area contributed by atoms with Crippen LogP contribution in [0.2, 0.25) is 0 Å². The first-order valence-corrected chi connectivity index (χ1v) is 7.66. The van der Waals surface area contributed by atoms with Crippen molar-refractivity contribution in [3.8, 4) is 5.75 Å². The van der Waals surface area contributed by atoms with Crippen LogP contribution in [0.15, 0.2) is 18.2 Å². The molecule has 1 aromatic carbocycles. The van der Waals surface area contributed by atoms with E-state index in [1.54, 1.807) is 25.3 Å². The number of benzene rings is 1. The molecule has 1 aromatic rings. The summed E-state index contributed by atoms with van der Waals surface area (Å²) >= 11 is 0. The highest BCUT2D eigenvalue weighted by Gasteiger charge is 2.31. The fourth-order valence-electron chi connectivity index (χ4n) is 3.42. The monoisotopic (exact) mass is 289 g/mol. The molecule has 114 valence electrons. The molecule has 2 heterocycles. The van der Waals surface area contributed by atoms with Gasteiger partial charge in [0.1, 0.15) is 5.75 Å². The Labute approximate surface area is 125 Å². The maximum absolute atomic E-state index is 12.7. The van der Waals surface area contributed by atoms with E-state index in [-0.39, 0.29) is 5.91 Å². The lowest BCUT2D eigenvalue weighted by molar-refractivity contribution is 0.0744. The molecule has 0 bridgehead atoms. The van der Waals surface area contributed by atoms with Gasteiger partial charge in [-0.25, -0.2) is 0 Å². The number of rotatable bonds is 2. The van der Waals surface area contributed by atoms with Gasteiger partial charge in [-0.05, 0) is 37.9 Å². The molecule has 1 atom stereocenters. The summed E-state index contributed by atoms with van der Waals surface area (Å²) in [6.07, 6.45) is 3.48. The molecule has 0 aromatic heterocycles. The number of methoxy groups -OCH3 is 1. The van der Waals surface area contributed by atoms with Gasteiger partial charge in [-0.1, -0.05) is 0 Å². The Bertz CT molecular complexity index is 532. The van der Waals surface area contributed by atoms with Gasteiger partial charge in [-0.15, -0.1) is 0 Å². The van der Waals surface area contributed by atoms with Crippen molar-refractivity contribution in [3.63, 3.8) is 0 Å². The molecule has 0 spiro atoms. The second-order valence-corrected chi connectivity index (χ2v) is 5.89. The molecule has 2 aliphatic heterocycles. The van der Waals surface area contributed by atoms with E-state index in [4.69, 9.17) is 10.5 Å². The normalized spacial score (nSPS) is 22.7. The molecule has 0 saturated carbocycles. The van der Waals surface area contributed by atoms with Gasteiger partial charge in [0.05, 0.1) is 12.7 Å². The van der Waals surface area contributed by atoms with Gasteiger partial charge in [-0.2, -0.15) is 0 Å². The largest absolute Gasteiger partial charge is 0.497 e. The minimum Gasteiger partial charge on any atom is -0.497 e. The van der Waals surface area contributed by atoms with Crippen molar-refractivity contribution in [2.45, 2.75) is 25.3 Å². The van der Waals surface area contributed by atoms with E-state index < -0.39 is 0 Å². The minimum atomic E-state index is 0.0453. The molecule has 21 heavy (non-hydrogen) atoms. The summed E-state index contributed by atoms with van der Waals surface area (Å²) < 4.78 is 5.14. The zero-order valence-corrected chi connectivity index (χ0v) is 12.5. The Morgan fingerprint density at radius 2 is 2.10 bits per heavy atom. The van der Waals surface area contributed by atoms with Crippen LogP contribution in [0, 0.1) is 0 Å². The Kier molecular flexibility index (Phi) is 4.01. The molecule has 2 aliphatic rings. The van der Waals surface area contributed by atoms with Crippen LogP contribution in [-0.2, 0) is 0 Å². The quantitative estimate of drug-likeness (QED) is 0.840. The summed E-state index contributed by atoms with van der Waals surface area (Å²) in [4.78, 5) is 17.2. The van der Waals surface area contributed by atoms with Gasteiger partial charge >= 0.3 is 0 Å². The van der Waals surface area contributed by atoms with Crippen LogP contribution in [0.3, 0.4) is 0 Å². The molecular weight excluding hydrogens is 266 g/mol. The average Bonchev–Trinajstić information content (AvgIpc) is 2.83. The Morgan fingerprint density at radius 1 is 1.29 bits per heavy atom. The number of carbonyl (C=O) groups excluding carboxylic acids is 1. The smallest absolute Gasteiger partial charge is 0.256 e. The lowest BCUT2D eigenvalue weighted by Crippen LogP contribution is -2.39. The number of hydrogen-bond acceptors (Lipinski definition) is 4. The number of carbonyl (C=O) groups is 1. The molecule has 2 N–H and O–H groups in total. The molecule has 2 saturated heterocycles. The van der Waals surface area contributed by atoms with Crippen molar-refractivity contribution >= 4 is 11.6 Å². The number of nitrogens with two attached hydrogens (primary N) is 1. The van der Waals surface area contributed by atoms with E-state index in [1.165, 1.54) is 19.4 Å². The van der Waals surface area contributed by atoms with Crippen molar-refractivity contribution in [1.29, 1.82) is 0 Å². The van der Waals surface area contributed by atoms with Gasteiger partial charge in [-0.3, -0.25) is 9.69 Å². The van der Waals surface area contributed by atoms with E-state index in [2.05, 4.69) is 4.90 Å². The number of fused-ring (bicyclic) bond motifs is 1. The third-order valence-electron chi connectivity index (χ3n) is 4.58. The highest BCUT2D eigenvalue weighted by atomic mass is 16.5. The van der Waals surface area contributed by atoms with Gasteiger partial charge in [0.25, 0.3) is 5.91 Å². The third-order valence-corrected chi connectivity index (χ3v) is 4.58. The zero-order chi connectivity index (χ0) is 14.8. The summed E-state index contributed by atoms with van der Waals surface area (Å²) in [5.41, 5.74) is 7.09. The van der Waals surface area contributed by atoms with Gasteiger partial charge < -0.3 is 15.4 Å². The van der Waals surface area contributed by atoms with Crippen LogP contribution in [0.1, 0.15) is 29.6 Å². The van der Waals surface area contributed by atoms with E-state index in [0.29, 0.717) is 23.0 Å². The number of anilines is 1. The number of nitrogen functional groups attached to an aromatic ring is 1.